The molecule has 92 valence electrons. The molecule has 0 spiro atoms. The molecule has 0 aliphatic carbocycles. The van der Waals surface area contributed by atoms with Gasteiger partial charge in [0, 0.05) is 13.1 Å². The average Bonchev–Trinajstić information content (AvgIpc) is 2.79. The molecule has 17 heavy (non-hydrogen) atoms. The lowest BCUT2D eigenvalue weighted by atomic mass is 10.3. The van der Waals surface area contributed by atoms with Crippen LogP contribution in [-0.4, -0.2) is 9.78 Å². The monoisotopic (exact) mass is 235 g/mol. The molecular weight excluding hydrogens is 218 g/mol. The molecule has 0 aromatic carbocycles. The van der Waals surface area contributed by atoms with Gasteiger partial charge in [0.25, 0.3) is 0 Å². The fourth-order valence-electron chi connectivity index (χ4n) is 1.73. The van der Waals surface area contributed by atoms with Gasteiger partial charge < -0.3 is 14.9 Å². The summed E-state index contributed by atoms with van der Waals surface area (Å²) in [6.45, 7) is 4.70. The summed E-state index contributed by atoms with van der Waals surface area (Å²) < 4.78 is 12.9. The number of furan rings is 1. The van der Waals surface area contributed by atoms with Gasteiger partial charge in [0.2, 0.25) is 5.88 Å². The Morgan fingerprint density at radius 3 is 2.71 bits per heavy atom. The van der Waals surface area contributed by atoms with Crippen molar-refractivity contribution in [3.63, 3.8) is 0 Å². The second-order valence-corrected chi connectivity index (χ2v) is 4.06. The van der Waals surface area contributed by atoms with Gasteiger partial charge in [0.05, 0.1) is 12.2 Å². The highest BCUT2D eigenvalue weighted by atomic mass is 16.5. The Morgan fingerprint density at radius 1 is 1.41 bits per heavy atom. The number of aromatic nitrogens is 2. The van der Waals surface area contributed by atoms with Crippen LogP contribution >= 0.6 is 0 Å². The molecule has 0 aliphatic rings. The number of nitrogens with two attached hydrogens (primary N) is 1. The maximum atomic E-state index is 5.62. The molecule has 0 aliphatic heterocycles. The van der Waals surface area contributed by atoms with E-state index in [1.165, 1.54) is 0 Å². The molecular formula is C12H17N3O2. The molecule has 2 aromatic rings. The van der Waals surface area contributed by atoms with Gasteiger partial charge in [-0.1, -0.05) is 0 Å². The Balaban J connectivity index is 2.04. The molecule has 0 amide bonds. The average molecular weight is 235 g/mol. The van der Waals surface area contributed by atoms with Gasteiger partial charge in [-0.05, 0) is 25.5 Å². The first-order valence-electron chi connectivity index (χ1n) is 5.52. The number of rotatable bonds is 4. The quantitative estimate of drug-likeness (QED) is 0.875. The highest BCUT2D eigenvalue weighted by Gasteiger charge is 2.08. The van der Waals surface area contributed by atoms with Gasteiger partial charge in [-0.3, -0.25) is 0 Å². The normalized spacial score (nSPS) is 10.8. The van der Waals surface area contributed by atoms with Gasteiger partial charge in [0.15, 0.2) is 0 Å². The number of ether oxygens (including phenoxy) is 1. The van der Waals surface area contributed by atoms with E-state index >= 15 is 0 Å². The Bertz CT molecular complexity index is 514. The molecule has 2 N–H and O–H groups in total. The van der Waals surface area contributed by atoms with Crippen molar-refractivity contribution in [1.82, 2.24) is 9.78 Å². The predicted octanol–water partition coefficient (Wildman–Crippen LogP) is 1.67. The predicted molar refractivity (Wildman–Crippen MR) is 63.6 cm³/mol. The van der Waals surface area contributed by atoms with Crippen LogP contribution in [0.3, 0.4) is 0 Å². The molecule has 2 rings (SSSR count). The smallest absolute Gasteiger partial charge is 0.212 e. The van der Waals surface area contributed by atoms with Crippen molar-refractivity contribution in [2.75, 3.05) is 0 Å². The molecule has 0 bridgehead atoms. The van der Waals surface area contributed by atoms with Gasteiger partial charge in [-0.15, -0.1) is 0 Å². The zero-order valence-corrected chi connectivity index (χ0v) is 10.4. The molecule has 2 heterocycles. The second kappa shape index (κ2) is 4.63. The Labute approximate surface area is 100 Å². The molecule has 0 unspecified atom stereocenters. The largest absolute Gasteiger partial charge is 0.470 e. The van der Waals surface area contributed by atoms with Gasteiger partial charge in [-0.2, -0.15) is 5.10 Å². The third-order valence-electron chi connectivity index (χ3n) is 2.58. The van der Waals surface area contributed by atoms with Crippen molar-refractivity contribution >= 4 is 0 Å². The molecule has 5 nitrogen and oxygen atoms in total. The maximum absolute atomic E-state index is 5.62. The lowest BCUT2D eigenvalue weighted by Crippen LogP contribution is -2.00. The van der Waals surface area contributed by atoms with E-state index in [1.807, 2.05) is 33.0 Å². The third kappa shape index (κ3) is 2.50. The Hall–Kier alpha value is -1.75. The number of hydrogen-bond acceptors (Lipinski definition) is 4. The molecule has 0 saturated heterocycles. The van der Waals surface area contributed by atoms with E-state index in [4.69, 9.17) is 14.9 Å². The van der Waals surface area contributed by atoms with Crippen LogP contribution in [0.4, 0.5) is 0 Å². The minimum atomic E-state index is 0.389. The van der Waals surface area contributed by atoms with Crippen LogP contribution in [0.5, 0.6) is 5.88 Å². The second-order valence-electron chi connectivity index (χ2n) is 4.06. The summed E-state index contributed by atoms with van der Waals surface area (Å²) in [5.41, 5.74) is 7.54. The van der Waals surface area contributed by atoms with E-state index in [0.717, 1.165) is 28.7 Å². The van der Waals surface area contributed by atoms with Gasteiger partial charge >= 0.3 is 0 Å². The van der Waals surface area contributed by atoms with E-state index in [2.05, 4.69) is 5.10 Å². The van der Waals surface area contributed by atoms with Crippen molar-refractivity contribution in [2.24, 2.45) is 12.8 Å². The Morgan fingerprint density at radius 2 is 2.18 bits per heavy atom. The standard InChI is InChI=1S/C12H17N3O2/c1-8-4-10(17-11(8)6-13)7-16-12-5-9(2)14-15(12)3/h4-5H,6-7,13H2,1-3H3. The van der Waals surface area contributed by atoms with Crippen LogP contribution in [0.15, 0.2) is 16.5 Å². The van der Waals surface area contributed by atoms with E-state index in [1.54, 1.807) is 4.68 Å². The Kier molecular flexibility index (Phi) is 3.19. The summed E-state index contributed by atoms with van der Waals surface area (Å²) in [5.74, 6) is 2.32. The van der Waals surface area contributed by atoms with Crippen LogP contribution < -0.4 is 10.5 Å². The minimum absolute atomic E-state index is 0.389. The molecule has 0 fully saturated rings. The van der Waals surface area contributed by atoms with Crippen LogP contribution in [0, 0.1) is 13.8 Å². The summed E-state index contributed by atoms with van der Waals surface area (Å²) in [4.78, 5) is 0. The van der Waals surface area contributed by atoms with Crippen molar-refractivity contribution in [2.45, 2.75) is 27.0 Å². The number of nitrogens with zero attached hydrogens (tertiary/aromatic N) is 2. The summed E-state index contributed by atoms with van der Waals surface area (Å²) in [5, 5.41) is 4.20. The van der Waals surface area contributed by atoms with E-state index < -0.39 is 0 Å². The van der Waals surface area contributed by atoms with Gasteiger partial charge in [-0.25, -0.2) is 4.68 Å². The molecule has 5 heteroatoms. The van der Waals surface area contributed by atoms with Gasteiger partial charge in [0.1, 0.15) is 18.1 Å². The molecule has 0 atom stereocenters. The number of aryl methyl sites for hydroxylation is 3. The highest BCUT2D eigenvalue weighted by Crippen LogP contribution is 2.17. The molecule has 0 saturated carbocycles. The maximum Gasteiger partial charge on any atom is 0.212 e. The van der Waals surface area contributed by atoms with E-state index in [-0.39, 0.29) is 0 Å². The summed E-state index contributed by atoms with van der Waals surface area (Å²) in [6, 6.07) is 3.84. The summed E-state index contributed by atoms with van der Waals surface area (Å²) in [7, 11) is 1.85. The lowest BCUT2D eigenvalue weighted by Gasteiger charge is -2.03. The third-order valence-corrected chi connectivity index (χ3v) is 2.58. The van der Waals surface area contributed by atoms with Crippen molar-refractivity contribution in [1.29, 1.82) is 0 Å². The summed E-state index contributed by atoms with van der Waals surface area (Å²) in [6.07, 6.45) is 0. The zero-order valence-electron chi connectivity index (χ0n) is 10.4. The van der Waals surface area contributed by atoms with Crippen LogP contribution in [-0.2, 0) is 20.2 Å². The van der Waals surface area contributed by atoms with Crippen molar-refractivity contribution in [3.05, 3.63) is 34.9 Å². The molecule has 2 aromatic heterocycles. The first-order valence-corrected chi connectivity index (χ1v) is 5.52. The minimum Gasteiger partial charge on any atom is -0.470 e. The first kappa shape index (κ1) is 11.7. The van der Waals surface area contributed by atoms with E-state index in [0.29, 0.717) is 13.2 Å². The summed E-state index contributed by atoms with van der Waals surface area (Å²) >= 11 is 0. The van der Waals surface area contributed by atoms with E-state index in [9.17, 15) is 0 Å². The lowest BCUT2D eigenvalue weighted by molar-refractivity contribution is 0.246. The molecule has 0 radical (unpaired) electrons. The highest BCUT2D eigenvalue weighted by molar-refractivity contribution is 5.20. The topological polar surface area (TPSA) is 66.2 Å². The first-order chi connectivity index (χ1) is 8.10. The zero-order chi connectivity index (χ0) is 12.4. The van der Waals surface area contributed by atoms with Crippen molar-refractivity contribution in [3.8, 4) is 5.88 Å². The van der Waals surface area contributed by atoms with Crippen molar-refractivity contribution < 1.29 is 9.15 Å². The fraction of sp³-hybridized carbons (Fsp3) is 0.417. The number of hydrogen-bond donors (Lipinski definition) is 1. The van der Waals surface area contributed by atoms with Crippen LogP contribution in [0.25, 0.3) is 0 Å². The fourth-order valence-corrected chi connectivity index (χ4v) is 1.73. The van der Waals surface area contributed by atoms with Crippen LogP contribution in [0.2, 0.25) is 0 Å². The van der Waals surface area contributed by atoms with Crippen LogP contribution in [0.1, 0.15) is 22.8 Å². The SMILES string of the molecule is Cc1cc(OCc2cc(C)c(CN)o2)n(C)n1.